The molecular formula is C28H35NO7S. The smallest absolute Gasteiger partial charge is 0.342 e. The first-order valence-corrected chi connectivity index (χ1v) is 14.1. The normalized spacial score (nSPS) is 23.6. The second kappa shape index (κ2) is 10.6. The summed E-state index contributed by atoms with van der Waals surface area (Å²) in [6, 6.07) is 14.6. The first-order chi connectivity index (χ1) is 17.5. The van der Waals surface area contributed by atoms with Gasteiger partial charge in [0.2, 0.25) is 10.0 Å². The van der Waals surface area contributed by atoms with Gasteiger partial charge in [0.25, 0.3) is 5.54 Å². The number of carbonyl (C=O) groups is 2. The monoisotopic (exact) mass is 529 g/mol. The zero-order valence-corrected chi connectivity index (χ0v) is 22.7. The Morgan fingerprint density at radius 3 is 2.05 bits per heavy atom. The molecule has 4 rings (SSSR count). The Morgan fingerprint density at radius 2 is 1.51 bits per heavy atom. The van der Waals surface area contributed by atoms with Gasteiger partial charge >= 0.3 is 11.9 Å². The molecule has 2 aromatic rings. The Balaban J connectivity index is 2.06. The topological polar surface area (TPSA) is 99.2 Å². The van der Waals surface area contributed by atoms with Crippen molar-refractivity contribution in [3.63, 3.8) is 0 Å². The minimum Gasteiger partial charge on any atom is -0.461 e. The lowest BCUT2D eigenvalue weighted by Gasteiger charge is -2.39. The van der Waals surface area contributed by atoms with E-state index in [0.29, 0.717) is 18.4 Å². The summed E-state index contributed by atoms with van der Waals surface area (Å²) in [5.41, 5.74) is -0.818. The van der Waals surface area contributed by atoms with Crippen LogP contribution in [0, 0.1) is 12.8 Å². The fourth-order valence-corrected chi connectivity index (χ4v) is 7.29. The molecule has 2 heterocycles. The van der Waals surface area contributed by atoms with E-state index in [0.717, 1.165) is 9.87 Å². The van der Waals surface area contributed by atoms with Crippen LogP contribution in [0.1, 0.15) is 57.7 Å². The second-order valence-electron chi connectivity index (χ2n) is 10.2. The summed E-state index contributed by atoms with van der Waals surface area (Å²) in [7, 11) is -4.43. The summed E-state index contributed by atoms with van der Waals surface area (Å²) in [6.07, 6.45) is -1.05. The Morgan fingerprint density at radius 1 is 0.946 bits per heavy atom. The molecule has 2 aliphatic rings. The summed E-state index contributed by atoms with van der Waals surface area (Å²) in [6.45, 7) is 8.75. The van der Waals surface area contributed by atoms with Gasteiger partial charge in [-0.1, -0.05) is 48.0 Å². The van der Waals surface area contributed by atoms with E-state index in [4.69, 9.17) is 14.2 Å². The molecule has 200 valence electrons. The highest BCUT2D eigenvalue weighted by molar-refractivity contribution is 7.89. The average Bonchev–Trinajstić information content (AvgIpc) is 3.17. The molecule has 37 heavy (non-hydrogen) atoms. The maximum absolute atomic E-state index is 14.5. The Bertz CT molecular complexity index is 1200. The van der Waals surface area contributed by atoms with Crippen LogP contribution in [0.3, 0.4) is 0 Å². The third-order valence-corrected chi connectivity index (χ3v) is 8.71. The van der Waals surface area contributed by atoms with Crippen molar-refractivity contribution >= 4 is 22.0 Å². The molecule has 0 spiro atoms. The van der Waals surface area contributed by atoms with Gasteiger partial charge in [-0.25, -0.2) is 18.0 Å². The van der Waals surface area contributed by atoms with Gasteiger partial charge in [-0.15, -0.1) is 0 Å². The minimum absolute atomic E-state index is 0.0308. The molecule has 8 nitrogen and oxygen atoms in total. The lowest BCUT2D eigenvalue weighted by Crippen LogP contribution is -2.66. The maximum Gasteiger partial charge on any atom is 0.342 e. The Hall–Kier alpha value is -2.75. The van der Waals surface area contributed by atoms with Gasteiger partial charge in [-0.2, -0.15) is 4.31 Å². The molecule has 0 unspecified atom stereocenters. The van der Waals surface area contributed by atoms with Crippen LogP contribution in [0.2, 0.25) is 0 Å². The first kappa shape index (κ1) is 27.3. The number of hydrogen-bond donors (Lipinski definition) is 0. The minimum atomic E-state index is -4.43. The van der Waals surface area contributed by atoms with Crippen molar-refractivity contribution in [1.29, 1.82) is 0 Å². The second-order valence-corrected chi connectivity index (χ2v) is 12.1. The number of nitrogens with zero attached hydrogens (tertiary/aromatic N) is 1. The Kier molecular flexibility index (Phi) is 7.78. The summed E-state index contributed by atoms with van der Waals surface area (Å²) >= 11 is 0. The highest BCUT2D eigenvalue weighted by Gasteiger charge is 2.74. The van der Waals surface area contributed by atoms with Crippen molar-refractivity contribution in [1.82, 2.24) is 4.31 Å². The van der Waals surface area contributed by atoms with E-state index in [1.165, 1.54) is 12.1 Å². The van der Waals surface area contributed by atoms with Crippen LogP contribution in [-0.4, -0.2) is 55.1 Å². The van der Waals surface area contributed by atoms with E-state index >= 15 is 0 Å². The average molecular weight is 530 g/mol. The number of hydrogen-bond acceptors (Lipinski definition) is 7. The summed E-state index contributed by atoms with van der Waals surface area (Å²) in [4.78, 5) is 28.1. The largest absolute Gasteiger partial charge is 0.461 e. The molecule has 2 saturated heterocycles. The number of sulfonamides is 1. The van der Waals surface area contributed by atoms with Crippen molar-refractivity contribution in [2.75, 3.05) is 6.61 Å². The third-order valence-electron chi connectivity index (χ3n) is 6.81. The van der Waals surface area contributed by atoms with Crippen LogP contribution < -0.4 is 0 Å². The van der Waals surface area contributed by atoms with E-state index in [1.807, 2.05) is 37.3 Å². The van der Waals surface area contributed by atoms with E-state index < -0.39 is 57.8 Å². The van der Waals surface area contributed by atoms with E-state index in [9.17, 15) is 18.0 Å². The summed E-state index contributed by atoms with van der Waals surface area (Å²) < 4.78 is 47.5. The maximum atomic E-state index is 14.5. The molecular weight excluding hydrogens is 494 g/mol. The van der Waals surface area contributed by atoms with Crippen molar-refractivity contribution in [3.05, 3.63) is 65.7 Å². The number of fused-ring (bicyclic) bond motifs is 1. The van der Waals surface area contributed by atoms with Crippen LogP contribution in [0.15, 0.2) is 59.5 Å². The fourth-order valence-electron chi connectivity index (χ4n) is 5.38. The van der Waals surface area contributed by atoms with Crippen LogP contribution in [0.25, 0.3) is 0 Å². The van der Waals surface area contributed by atoms with Crippen molar-refractivity contribution in [2.45, 2.75) is 82.2 Å². The molecule has 0 aliphatic carbocycles. The van der Waals surface area contributed by atoms with Crippen LogP contribution in [0.4, 0.5) is 0 Å². The van der Waals surface area contributed by atoms with Crippen molar-refractivity contribution in [3.8, 4) is 0 Å². The number of carbonyl (C=O) groups excluding carboxylic acids is 2. The SMILES string of the molecule is Cc1ccc(S(=O)(=O)N2[C@@H](c3ccccc3)[C@H]3CCCO[C@@H]3C2(C(=O)OC(C)C)C(=O)OC(C)C)cc1. The van der Waals surface area contributed by atoms with E-state index in [2.05, 4.69) is 0 Å². The zero-order valence-electron chi connectivity index (χ0n) is 21.9. The predicted octanol–water partition coefficient (Wildman–Crippen LogP) is 4.18. The van der Waals surface area contributed by atoms with Gasteiger partial charge in [0, 0.05) is 12.5 Å². The third kappa shape index (κ3) is 4.80. The van der Waals surface area contributed by atoms with Crippen LogP contribution >= 0.6 is 0 Å². The molecule has 2 aromatic carbocycles. The fraction of sp³-hybridized carbons (Fsp3) is 0.500. The van der Waals surface area contributed by atoms with E-state index in [-0.39, 0.29) is 11.5 Å². The summed E-state index contributed by atoms with van der Waals surface area (Å²) in [5, 5.41) is 0. The highest BCUT2D eigenvalue weighted by Crippen LogP contribution is 2.55. The molecule has 0 saturated carbocycles. The number of aryl methyl sites for hydroxylation is 1. The van der Waals surface area contributed by atoms with Gasteiger partial charge in [0.1, 0.15) is 6.10 Å². The lowest BCUT2D eigenvalue weighted by molar-refractivity contribution is -0.185. The molecule has 0 radical (unpaired) electrons. The molecule has 0 amide bonds. The first-order valence-electron chi connectivity index (χ1n) is 12.7. The number of esters is 2. The highest BCUT2D eigenvalue weighted by atomic mass is 32.2. The van der Waals surface area contributed by atoms with E-state index in [1.54, 1.807) is 39.8 Å². The van der Waals surface area contributed by atoms with Gasteiger partial charge in [0.15, 0.2) is 0 Å². The molecule has 0 bridgehead atoms. The molecule has 0 aromatic heterocycles. The molecule has 9 heteroatoms. The zero-order chi connectivity index (χ0) is 27.0. The lowest BCUT2D eigenvalue weighted by atomic mass is 9.81. The number of ether oxygens (including phenoxy) is 3. The quantitative estimate of drug-likeness (QED) is 0.392. The molecule has 3 atom stereocenters. The van der Waals surface area contributed by atoms with Gasteiger partial charge in [-0.05, 0) is 65.2 Å². The van der Waals surface area contributed by atoms with Gasteiger partial charge in [-0.3, -0.25) is 0 Å². The summed E-state index contributed by atoms with van der Waals surface area (Å²) in [5.74, 6) is -2.45. The standard InChI is InChI=1S/C28H35NO7S/c1-18(2)35-26(30)28(27(31)36-19(3)4)25-23(12-9-17-34-25)24(21-10-7-6-8-11-21)29(28)37(32,33)22-15-13-20(5)14-16-22/h6-8,10-11,13-16,18-19,23-25H,9,12,17H2,1-5H3/t23-,24+,25+/m1/s1. The molecule has 2 aliphatic heterocycles. The van der Waals surface area contributed by atoms with Crippen LogP contribution in [0.5, 0.6) is 0 Å². The van der Waals surface area contributed by atoms with Crippen molar-refractivity contribution < 1.29 is 32.2 Å². The molecule has 2 fully saturated rings. The van der Waals surface area contributed by atoms with Crippen molar-refractivity contribution in [2.24, 2.45) is 5.92 Å². The predicted molar refractivity (Wildman–Crippen MR) is 137 cm³/mol. The number of rotatable bonds is 7. The Labute approximate surface area is 219 Å². The van der Waals surface area contributed by atoms with Gasteiger partial charge in [0.05, 0.1) is 23.1 Å². The van der Waals surface area contributed by atoms with Gasteiger partial charge < -0.3 is 14.2 Å². The number of benzene rings is 2. The van der Waals surface area contributed by atoms with Crippen LogP contribution in [-0.2, 0) is 33.8 Å². The molecule has 0 N–H and O–H groups in total.